The Labute approximate surface area is 156 Å². The Bertz CT molecular complexity index is 1380. The fourth-order valence-electron chi connectivity index (χ4n) is 3.22. The lowest BCUT2D eigenvalue weighted by atomic mass is 10.1. The number of hydrogen-bond acceptors (Lipinski definition) is 6. The largest absolute Gasteiger partial charge is 0.508 e. The molecule has 0 radical (unpaired) electrons. The minimum atomic E-state index is -0.438. The summed E-state index contributed by atoms with van der Waals surface area (Å²) >= 11 is 1.50. The van der Waals surface area contributed by atoms with Gasteiger partial charge in [-0.2, -0.15) is 0 Å². The van der Waals surface area contributed by atoms with E-state index in [0.29, 0.717) is 22.7 Å². The third-order valence-corrected chi connectivity index (χ3v) is 5.57. The minimum Gasteiger partial charge on any atom is -0.508 e. The number of fused-ring (bicyclic) bond motifs is 4. The molecule has 0 saturated carbocycles. The molecule has 0 spiro atoms. The number of hydrogen-bond donors (Lipinski definition) is 2. The van der Waals surface area contributed by atoms with Crippen LogP contribution in [-0.2, 0) is 5.75 Å². The molecule has 3 aromatic heterocycles. The molecule has 0 aliphatic rings. The van der Waals surface area contributed by atoms with Crippen molar-refractivity contribution in [1.82, 2.24) is 19.6 Å². The number of benzene rings is 2. The van der Waals surface area contributed by atoms with E-state index in [1.807, 2.05) is 28.7 Å². The fourth-order valence-corrected chi connectivity index (χ4v) is 4.16. The average molecular weight is 378 g/mol. The molecule has 134 valence electrons. The second-order valence-corrected chi connectivity index (χ2v) is 7.17. The van der Waals surface area contributed by atoms with E-state index in [9.17, 15) is 9.90 Å². The molecule has 2 aromatic carbocycles. The first-order valence-corrected chi connectivity index (χ1v) is 9.30. The molecule has 3 heterocycles. The number of imidazole rings is 1. The number of phenols is 1. The summed E-state index contributed by atoms with van der Waals surface area (Å²) < 4.78 is 7.27. The van der Waals surface area contributed by atoms with E-state index in [2.05, 4.69) is 15.2 Å². The van der Waals surface area contributed by atoms with Crippen molar-refractivity contribution in [3.8, 4) is 5.75 Å². The first kappa shape index (κ1) is 16.0. The molecule has 0 saturated heterocycles. The lowest BCUT2D eigenvalue weighted by molar-refractivity contribution is 0.468. The zero-order chi connectivity index (χ0) is 18.5. The van der Waals surface area contributed by atoms with Crippen LogP contribution in [0.5, 0.6) is 5.75 Å². The van der Waals surface area contributed by atoms with Crippen molar-refractivity contribution >= 4 is 39.5 Å². The molecular weight excluding hydrogens is 364 g/mol. The van der Waals surface area contributed by atoms with Gasteiger partial charge in [-0.15, -0.1) is 5.10 Å². The Morgan fingerprint density at radius 1 is 1.26 bits per heavy atom. The Balaban J connectivity index is 1.58. The number of para-hydroxylation sites is 2. The highest BCUT2D eigenvalue weighted by molar-refractivity contribution is 7.98. The highest BCUT2D eigenvalue weighted by Gasteiger charge is 2.15. The van der Waals surface area contributed by atoms with Crippen LogP contribution in [0.3, 0.4) is 0 Å². The smallest absolute Gasteiger partial charge is 0.336 e. The Morgan fingerprint density at radius 3 is 3.00 bits per heavy atom. The maximum atomic E-state index is 12.0. The molecule has 0 bridgehead atoms. The van der Waals surface area contributed by atoms with Crippen LogP contribution < -0.4 is 5.63 Å². The molecule has 0 unspecified atom stereocenters. The summed E-state index contributed by atoms with van der Waals surface area (Å²) in [6.45, 7) is 1.73. The quantitative estimate of drug-likeness (QED) is 0.368. The van der Waals surface area contributed by atoms with Gasteiger partial charge < -0.3 is 9.52 Å². The van der Waals surface area contributed by atoms with Crippen LogP contribution in [0.15, 0.2) is 56.8 Å². The SMILES string of the molecule is Cc1c(O)ccc2c(CSc3n[nH]c4nc5ccccc5n34)cc(=O)oc12. The number of phenolic OH excluding ortho intramolecular Hbond substituents is 1. The van der Waals surface area contributed by atoms with Crippen molar-refractivity contribution in [3.05, 3.63) is 64.0 Å². The van der Waals surface area contributed by atoms with Crippen LogP contribution in [0, 0.1) is 6.92 Å². The first-order chi connectivity index (χ1) is 13.1. The van der Waals surface area contributed by atoms with Gasteiger partial charge in [-0.3, -0.25) is 4.40 Å². The monoisotopic (exact) mass is 378 g/mol. The van der Waals surface area contributed by atoms with Crippen LogP contribution in [0.2, 0.25) is 0 Å². The summed E-state index contributed by atoms with van der Waals surface area (Å²) in [6, 6.07) is 12.7. The van der Waals surface area contributed by atoms with Crippen LogP contribution in [0.1, 0.15) is 11.1 Å². The Kier molecular flexibility index (Phi) is 3.48. The van der Waals surface area contributed by atoms with Crippen molar-refractivity contribution < 1.29 is 9.52 Å². The normalized spacial score (nSPS) is 11.7. The number of thioether (sulfide) groups is 1. The summed E-state index contributed by atoms with van der Waals surface area (Å²) in [7, 11) is 0. The summed E-state index contributed by atoms with van der Waals surface area (Å²) in [5.74, 6) is 1.31. The maximum absolute atomic E-state index is 12.0. The molecule has 8 heteroatoms. The number of aromatic amines is 1. The second kappa shape index (κ2) is 5.88. The molecular formula is C19H14N4O3S. The van der Waals surface area contributed by atoms with Gasteiger partial charge in [-0.25, -0.2) is 14.9 Å². The first-order valence-electron chi connectivity index (χ1n) is 8.31. The Morgan fingerprint density at radius 2 is 2.11 bits per heavy atom. The van der Waals surface area contributed by atoms with Gasteiger partial charge in [-0.05, 0) is 36.8 Å². The van der Waals surface area contributed by atoms with Gasteiger partial charge in [0.15, 0.2) is 5.16 Å². The second-order valence-electron chi connectivity index (χ2n) is 6.23. The summed E-state index contributed by atoms with van der Waals surface area (Å²) in [5, 5.41) is 18.7. The third-order valence-electron chi connectivity index (χ3n) is 4.58. The molecule has 0 aliphatic heterocycles. The van der Waals surface area contributed by atoms with Crippen LogP contribution in [0.4, 0.5) is 0 Å². The fraction of sp³-hybridized carbons (Fsp3) is 0.105. The van der Waals surface area contributed by atoms with Crippen molar-refractivity contribution in [3.63, 3.8) is 0 Å². The van der Waals surface area contributed by atoms with E-state index in [1.165, 1.54) is 17.8 Å². The van der Waals surface area contributed by atoms with Crippen molar-refractivity contribution in [2.24, 2.45) is 0 Å². The zero-order valence-electron chi connectivity index (χ0n) is 14.3. The molecule has 0 aliphatic carbocycles. The topological polar surface area (TPSA) is 96.4 Å². The van der Waals surface area contributed by atoms with E-state index in [1.54, 1.807) is 19.1 Å². The predicted molar refractivity (Wildman–Crippen MR) is 103 cm³/mol. The van der Waals surface area contributed by atoms with E-state index >= 15 is 0 Å². The van der Waals surface area contributed by atoms with Gasteiger partial charge in [0.05, 0.1) is 11.0 Å². The van der Waals surface area contributed by atoms with E-state index < -0.39 is 5.63 Å². The van der Waals surface area contributed by atoms with Gasteiger partial charge in [-0.1, -0.05) is 23.9 Å². The standard InChI is InChI=1S/C19H14N4O3S/c1-10-15(24)7-6-12-11(8-16(25)26-17(10)12)9-27-19-22-21-18-20-13-4-2-3-5-14(13)23(18)19/h2-8,24H,9H2,1H3,(H,20,21). The average Bonchev–Trinajstić information content (AvgIpc) is 3.22. The minimum absolute atomic E-state index is 0.106. The lowest BCUT2D eigenvalue weighted by Crippen LogP contribution is -2.01. The van der Waals surface area contributed by atoms with E-state index in [0.717, 1.165) is 27.1 Å². The van der Waals surface area contributed by atoms with E-state index in [4.69, 9.17) is 4.42 Å². The number of H-pyrrole nitrogens is 1. The highest BCUT2D eigenvalue weighted by atomic mass is 32.2. The van der Waals surface area contributed by atoms with Crippen molar-refractivity contribution in [2.45, 2.75) is 17.8 Å². The van der Waals surface area contributed by atoms with Crippen LogP contribution in [0.25, 0.3) is 27.8 Å². The molecule has 5 rings (SSSR count). The summed E-state index contributed by atoms with van der Waals surface area (Å²) in [6.07, 6.45) is 0. The molecule has 5 aromatic rings. The zero-order valence-corrected chi connectivity index (χ0v) is 15.1. The number of aromatic nitrogens is 4. The van der Waals surface area contributed by atoms with Crippen molar-refractivity contribution in [2.75, 3.05) is 0 Å². The molecule has 7 nitrogen and oxygen atoms in total. The van der Waals surface area contributed by atoms with Gasteiger partial charge >= 0.3 is 5.63 Å². The van der Waals surface area contributed by atoms with Gasteiger partial charge in [0, 0.05) is 22.8 Å². The Hall–Kier alpha value is -3.26. The molecule has 2 N–H and O–H groups in total. The molecule has 0 fully saturated rings. The maximum Gasteiger partial charge on any atom is 0.336 e. The molecule has 27 heavy (non-hydrogen) atoms. The van der Waals surface area contributed by atoms with Crippen LogP contribution in [-0.4, -0.2) is 24.7 Å². The van der Waals surface area contributed by atoms with Crippen LogP contribution >= 0.6 is 11.8 Å². The predicted octanol–water partition coefficient (Wildman–Crippen LogP) is 3.62. The van der Waals surface area contributed by atoms with Gasteiger partial charge in [0.1, 0.15) is 11.3 Å². The number of nitrogens with one attached hydrogen (secondary N) is 1. The lowest BCUT2D eigenvalue weighted by Gasteiger charge is -2.07. The number of aromatic hydroxyl groups is 1. The van der Waals surface area contributed by atoms with Gasteiger partial charge in [0.2, 0.25) is 5.78 Å². The number of rotatable bonds is 3. The van der Waals surface area contributed by atoms with E-state index in [-0.39, 0.29) is 5.75 Å². The number of nitrogens with zero attached hydrogens (tertiary/aromatic N) is 3. The molecule has 0 atom stereocenters. The summed E-state index contributed by atoms with van der Waals surface area (Å²) in [4.78, 5) is 16.5. The highest BCUT2D eigenvalue weighted by Crippen LogP contribution is 2.31. The number of aryl methyl sites for hydroxylation is 1. The third kappa shape index (κ3) is 2.48. The van der Waals surface area contributed by atoms with Crippen molar-refractivity contribution in [1.29, 1.82) is 0 Å². The summed E-state index contributed by atoms with van der Waals surface area (Å²) in [5.41, 5.74) is 3.23. The van der Waals surface area contributed by atoms with Gasteiger partial charge in [0.25, 0.3) is 0 Å². The molecule has 0 amide bonds.